The van der Waals surface area contributed by atoms with Crippen molar-refractivity contribution < 1.29 is 14.7 Å². The zero-order chi connectivity index (χ0) is 15.2. The molecule has 1 amide bonds. The molecule has 0 heterocycles. The first-order chi connectivity index (χ1) is 10.1. The van der Waals surface area contributed by atoms with Crippen LogP contribution in [0.3, 0.4) is 0 Å². The molecule has 0 aliphatic heterocycles. The maximum Gasteiger partial charge on any atom is 0.305 e. The summed E-state index contributed by atoms with van der Waals surface area (Å²) in [7, 11) is 0. The minimum atomic E-state index is -0.923. The third-order valence-electron chi connectivity index (χ3n) is 3.13. The van der Waals surface area contributed by atoms with Gasteiger partial charge in [0.15, 0.2) is 0 Å². The highest BCUT2D eigenvalue weighted by atomic mass is 16.4. The van der Waals surface area contributed by atoms with Crippen LogP contribution >= 0.6 is 0 Å². The lowest BCUT2D eigenvalue weighted by Gasteiger charge is -2.22. The van der Waals surface area contributed by atoms with Crippen molar-refractivity contribution in [3.63, 3.8) is 0 Å². The van der Waals surface area contributed by atoms with Crippen molar-refractivity contribution in [3.8, 4) is 0 Å². The fourth-order valence-corrected chi connectivity index (χ4v) is 2.10. The SMILES string of the molecule is Cc1cccc(C(=O)N(CCC(=O)O)c2ccccc2)c1. The summed E-state index contributed by atoms with van der Waals surface area (Å²) in [6.07, 6.45) is -0.0908. The topological polar surface area (TPSA) is 57.6 Å². The number of nitrogens with zero attached hydrogens (tertiary/aromatic N) is 1. The number of aryl methyl sites for hydroxylation is 1. The summed E-state index contributed by atoms with van der Waals surface area (Å²) in [5, 5.41) is 8.87. The molecule has 4 nitrogen and oxygen atoms in total. The highest BCUT2D eigenvalue weighted by molar-refractivity contribution is 6.06. The van der Waals surface area contributed by atoms with Gasteiger partial charge in [-0.3, -0.25) is 9.59 Å². The molecule has 2 aromatic carbocycles. The summed E-state index contributed by atoms with van der Waals surface area (Å²) < 4.78 is 0. The number of aliphatic carboxylic acids is 1. The molecule has 0 aromatic heterocycles. The number of carbonyl (C=O) groups is 2. The van der Waals surface area contributed by atoms with Crippen molar-refractivity contribution in [2.75, 3.05) is 11.4 Å². The van der Waals surface area contributed by atoms with Gasteiger partial charge in [-0.2, -0.15) is 0 Å². The highest BCUT2D eigenvalue weighted by Gasteiger charge is 2.18. The predicted molar refractivity (Wildman–Crippen MR) is 81.6 cm³/mol. The molecular weight excluding hydrogens is 266 g/mol. The van der Waals surface area contributed by atoms with E-state index in [1.807, 2.05) is 37.3 Å². The number of carboxylic acids is 1. The van der Waals surface area contributed by atoms with E-state index in [4.69, 9.17) is 5.11 Å². The molecule has 0 aliphatic rings. The van der Waals surface area contributed by atoms with Gasteiger partial charge < -0.3 is 10.0 Å². The molecule has 0 bridgehead atoms. The number of benzene rings is 2. The number of hydrogen-bond acceptors (Lipinski definition) is 2. The van der Waals surface area contributed by atoms with Crippen LogP contribution in [-0.4, -0.2) is 23.5 Å². The first kappa shape index (κ1) is 14.8. The number of para-hydroxylation sites is 1. The summed E-state index contributed by atoms with van der Waals surface area (Å²) in [6.45, 7) is 2.06. The van der Waals surface area contributed by atoms with Gasteiger partial charge in [-0.15, -0.1) is 0 Å². The largest absolute Gasteiger partial charge is 0.481 e. The van der Waals surface area contributed by atoms with Crippen LogP contribution in [0.2, 0.25) is 0 Å². The van der Waals surface area contributed by atoms with E-state index < -0.39 is 5.97 Å². The van der Waals surface area contributed by atoms with Crippen LogP contribution in [0.4, 0.5) is 5.69 Å². The van der Waals surface area contributed by atoms with E-state index in [-0.39, 0.29) is 18.9 Å². The number of amides is 1. The molecule has 0 spiro atoms. The lowest BCUT2D eigenvalue weighted by molar-refractivity contribution is -0.136. The Morgan fingerprint density at radius 1 is 1.05 bits per heavy atom. The standard InChI is InChI=1S/C17H17NO3/c1-13-6-5-7-14(12-13)17(21)18(11-10-16(19)20)15-8-3-2-4-9-15/h2-9,12H,10-11H2,1H3,(H,19,20). The second kappa shape index (κ2) is 6.70. The Kier molecular flexibility index (Phi) is 4.72. The summed E-state index contributed by atoms with van der Waals surface area (Å²) in [4.78, 5) is 25.0. The van der Waals surface area contributed by atoms with E-state index in [0.717, 1.165) is 5.56 Å². The Labute approximate surface area is 123 Å². The maximum atomic E-state index is 12.6. The van der Waals surface area contributed by atoms with Gasteiger partial charge in [0.25, 0.3) is 5.91 Å². The third-order valence-corrected chi connectivity index (χ3v) is 3.13. The Morgan fingerprint density at radius 3 is 2.38 bits per heavy atom. The second-order valence-electron chi connectivity index (χ2n) is 4.81. The molecule has 0 radical (unpaired) electrons. The molecular formula is C17H17NO3. The van der Waals surface area contributed by atoms with E-state index in [1.165, 1.54) is 4.90 Å². The summed E-state index contributed by atoms with van der Waals surface area (Å²) in [5.74, 6) is -1.11. The van der Waals surface area contributed by atoms with Crippen molar-refractivity contribution in [3.05, 3.63) is 65.7 Å². The zero-order valence-electron chi connectivity index (χ0n) is 11.8. The van der Waals surface area contributed by atoms with Crippen LogP contribution in [0.25, 0.3) is 0 Å². The van der Waals surface area contributed by atoms with Gasteiger partial charge in [-0.1, -0.05) is 35.9 Å². The van der Waals surface area contributed by atoms with Gasteiger partial charge in [0.1, 0.15) is 0 Å². The van der Waals surface area contributed by atoms with Crippen molar-refractivity contribution in [2.24, 2.45) is 0 Å². The Hall–Kier alpha value is -2.62. The molecule has 2 aromatic rings. The molecule has 0 fully saturated rings. The van der Waals surface area contributed by atoms with Crippen LogP contribution in [0.5, 0.6) is 0 Å². The van der Waals surface area contributed by atoms with Gasteiger partial charge in [-0.25, -0.2) is 0 Å². The van der Waals surface area contributed by atoms with Crippen LogP contribution in [0.1, 0.15) is 22.3 Å². The smallest absolute Gasteiger partial charge is 0.305 e. The average molecular weight is 283 g/mol. The van der Waals surface area contributed by atoms with Crippen LogP contribution in [0, 0.1) is 6.92 Å². The first-order valence-corrected chi connectivity index (χ1v) is 6.73. The van der Waals surface area contributed by atoms with Crippen LogP contribution < -0.4 is 4.90 Å². The van der Waals surface area contributed by atoms with Crippen molar-refractivity contribution in [2.45, 2.75) is 13.3 Å². The van der Waals surface area contributed by atoms with E-state index in [9.17, 15) is 9.59 Å². The first-order valence-electron chi connectivity index (χ1n) is 6.73. The van der Waals surface area contributed by atoms with Gasteiger partial charge in [0.05, 0.1) is 6.42 Å². The molecule has 108 valence electrons. The molecule has 0 saturated heterocycles. The number of hydrogen-bond donors (Lipinski definition) is 1. The monoisotopic (exact) mass is 283 g/mol. The molecule has 0 saturated carbocycles. The fourth-order valence-electron chi connectivity index (χ4n) is 2.10. The Bertz CT molecular complexity index is 637. The minimum absolute atomic E-state index is 0.0908. The molecule has 0 aliphatic carbocycles. The van der Waals surface area contributed by atoms with Crippen molar-refractivity contribution in [1.29, 1.82) is 0 Å². The Balaban J connectivity index is 2.30. The van der Waals surface area contributed by atoms with Gasteiger partial charge >= 0.3 is 5.97 Å². The number of anilines is 1. The second-order valence-corrected chi connectivity index (χ2v) is 4.81. The van der Waals surface area contributed by atoms with Crippen LogP contribution in [0.15, 0.2) is 54.6 Å². The van der Waals surface area contributed by atoms with Gasteiger partial charge in [0.2, 0.25) is 0 Å². The highest BCUT2D eigenvalue weighted by Crippen LogP contribution is 2.18. The van der Waals surface area contributed by atoms with Crippen molar-refractivity contribution in [1.82, 2.24) is 0 Å². The quantitative estimate of drug-likeness (QED) is 0.917. The Morgan fingerprint density at radius 2 is 1.76 bits per heavy atom. The molecule has 2 rings (SSSR count). The summed E-state index contributed by atoms with van der Waals surface area (Å²) in [5.41, 5.74) is 2.25. The van der Waals surface area contributed by atoms with E-state index in [1.54, 1.807) is 24.3 Å². The summed E-state index contributed by atoms with van der Waals surface area (Å²) >= 11 is 0. The molecule has 0 atom stereocenters. The van der Waals surface area contributed by atoms with Gasteiger partial charge in [-0.05, 0) is 31.2 Å². The van der Waals surface area contributed by atoms with Gasteiger partial charge in [0, 0.05) is 17.8 Å². The maximum absolute atomic E-state index is 12.6. The molecule has 4 heteroatoms. The predicted octanol–water partition coefficient (Wildman–Crippen LogP) is 3.12. The number of rotatable bonds is 5. The lowest BCUT2D eigenvalue weighted by atomic mass is 10.1. The van der Waals surface area contributed by atoms with E-state index in [0.29, 0.717) is 11.3 Å². The zero-order valence-corrected chi connectivity index (χ0v) is 11.8. The van der Waals surface area contributed by atoms with Crippen LogP contribution in [-0.2, 0) is 4.79 Å². The number of carboxylic acid groups (broad SMARTS) is 1. The molecule has 21 heavy (non-hydrogen) atoms. The molecule has 1 N–H and O–H groups in total. The average Bonchev–Trinajstić information content (AvgIpc) is 2.48. The fraction of sp³-hybridized carbons (Fsp3) is 0.176. The third kappa shape index (κ3) is 3.92. The summed E-state index contributed by atoms with van der Waals surface area (Å²) in [6, 6.07) is 16.4. The molecule has 0 unspecified atom stereocenters. The normalized spacial score (nSPS) is 10.1. The van der Waals surface area contributed by atoms with Crippen molar-refractivity contribution >= 4 is 17.6 Å². The minimum Gasteiger partial charge on any atom is -0.481 e. The lowest BCUT2D eigenvalue weighted by Crippen LogP contribution is -2.33. The number of carbonyl (C=O) groups excluding carboxylic acids is 1. The van der Waals surface area contributed by atoms with E-state index >= 15 is 0 Å². The van der Waals surface area contributed by atoms with E-state index in [2.05, 4.69) is 0 Å².